The maximum absolute atomic E-state index is 9.85. The molecule has 0 spiro atoms. The van der Waals surface area contributed by atoms with Crippen molar-refractivity contribution in [3.05, 3.63) is 0 Å². The van der Waals surface area contributed by atoms with Crippen LogP contribution in [0.3, 0.4) is 0 Å². The molecule has 1 N–H and O–H groups in total. The average molecular weight is 174 g/mol. The van der Waals surface area contributed by atoms with Crippen molar-refractivity contribution in [3.8, 4) is 0 Å². The number of hydrogen-bond acceptors (Lipinski definition) is 2. The Balaban J connectivity index is 4.11. The van der Waals surface area contributed by atoms with Crippen LogP contribution in [0, 0.1) is 5.41 Å². The second kappa shape index (κ2) is 4.83. The smallest absolute Gasteiger partial charge is 0.0849 e. The van der Waals surface area contributed by atoms with Crippen molar-refractivity contribution in [3.63, 3.8) is 0 Å². The third kappa shape index (κ3) is 3.55. The Labute approximate surface area is 75.9 Å². The third-order valence-corrected chi connectivity index (χ3v) is 2.02. The van der Waals surface area contributed by atoms with Gasteiger partial charge in [-0.15, -0.1) is 0 Å². The zero-order valence-electron chi connectivity index (χ0n) is 8.92. The first-order valence-corrected chi connectivity index (χ1v) is 4.73. The van der Waals surface area contributed by atoms with Gasteiger partial charge in [-0.25, -0.2) is 0 Å². The van der Waals surface area contributed by atoms with E-state index < -0.39 is 0 Å². The molecule has 0 heterocycles. The number of aliphatic hydroxyl groups excluding tert-OH is 1. The quantitative estimate of drug-likeness (QED) is 0.708. The van der Waals surface area contributed by atoms with Gasteiger partial charge in [0.15, 0.2) is 0 Å². The third-order valence-electron chi connectivity index (χ3n) is 2.02. The topological polar surface area (TPSA) is 29.5 Å². The van der Waals surface area contributed by atoms with Gasteiger partial charge in [-0.3, -0.25) is 0 Å². The number of ether oxygens (including phenoxy) is 1. The second-order valence-corrected chi connectivity index (χ2v) is 4.21. The molecule has 2 atom stereocenters. The largest absolute Gasteiger partial charge is 0.390 e. The van der Waals surface area contributed by atoms with Crippen LogP contribution in [0.25, 0.3) is 0 Å². The molecule has 0 saturated carbocycles. The molecule has 74 valence electrons. The van der Waals surface area contributed by atoms with Gasteiger partial charge in [0.1, 0.15) is 0 Å². The summed E-state index contributed by atoms with van der Waals surface area (Å²) in [6.07, 6.45) is 0.476. The van der Waals surface area contributed by atoms with Gasteiger partial charge in [-0.2, -0.15) is 0 Å². The van der Waals surface area contributed by atoms with Gasteiger partial charge < -0.3 is 9.84 Å². The van der Waals surface area contributed by atoms with Crippen molar-refractivity contribution in [1.29, 1.82) is 0 Å². The highest BCUT2D eigenvalue weighted by Gasteiger charge is 2.29. The van der Waals surface area contributed by atoms with Crippen LogP contribution < -0.4 is 0 Å². The van der Waals surface area contributed by atoms with E-state index in [1.54, 1.807) is 0 Å². The molecule has 0 bridgehead atoms. The zero-order valence-corrected chi connectivity index (χ0v) is 8.92. The maximum Gasteiger partial charge on any atom is 0.0849 e. The molecule has 0 rings (SSSR count). The summed E-state index contributed by atoms with van der Waals surface area (Å²) in [5.74, 6) is 0. The van der Waals surface area contributed by atoms with Crippen LogP contribution >= 0.6 is 0 Å². The van der Waals surface area contributed by atoms with Crippen molar-refractivity contribution in [2.24, 2.45) is 5.41 Å². The Morgan fingerprint density at radius 3 is 2.00 bits per heavy atom. The first-order valence-electron chi connectivity index (χ1n) is 4.73. The summed E-state index contributed by atoms with van der Waals surface area (Å²) < 4.78 is 5.43. The minimum Gasteiger partial charge on any atom is -0.390 e. The molecule has 2 unspecified atom stereocenters. The predicted octanol–water partition coefficient (Wildman–Crippen LogP) is 2.21. The van der Waals surface area contributed by atoms with Gasteiger partial charge >= 0.3 is 0 Å². The van der Waals surface area contributed by atoms with Crippen molar-refractivity contribution in [1.82, 2.24) is 0 Å². The lowest BCUT2D eigenvalue weighted by molar-refractivity contribution is -0.0796. The van der Waals surface area contributed by atoms with E-state index in [9.17, 15) is 5.11 Å². The lowest BCUT2D eigenvalue weighted by Gasteiger charge is -2.32. The van der Waals surface area contributed by atoms with Gasteiger partial charge in [-0.05, 0) is 18.8 Å². The number of hydrogen-bond donors (Lipinski definition) is 1. The van der Waals surface area contributed by atoms with Gasteiger partial charge in [0.2, 0.25) is 0 Å². The van der Waals surface area contributed by atoms with Gasteiger partial charge in [0.05, 0.1) is 12.2 Å². The van der Waals surface area contributed by atoms with Crippen LogP contribution in [0.2, 0.25) is 0 Å². The summed E-state index contributed by atoms with van der Waals surface area (Å²) in [6, 6.07) is 0. The summed E-state index contributed by atoms with van der Waals surface area (Å²) in [5.41, 5.74) is -0.0875. The molecule has 0 aliphatic carbocycles. The maximum atomic E-state index is 9.85. The van der Waals surface area contributed by atoms with E-state index in [1.807, 2.05) is 34.6 Å². The summed E-state index contributed by atoms with van der Waals surface area (Å²) in [4.78, 5) is 0. The van der Waals surface area contributed by atoms with Gasteiger partial charge in [-0.1, -0.05) is 27.7 Å². The van der Waals surface area contributed by atoms with Crippen LogP contribution in [0.1, 0.15) is 41.0 Å². The minimum absolute atomic E-state index is 0.0185. The number of aliphatic hydroxyl groups is 1. The van der Waals surface area contributed by atoms with Crippen molar-refractivity contribution < 1.29 is 9.84 Å². The van der Waals surface area contributed by atoms with Crippen LogP contribution in [-0.4, -0.2) is 23.9 Å². The summed E-state index contributed by atoms with van der Waals surface area (Å²) in [5, 5.41) is 9.85. The molecular weight excluding hydrogens is 152 g/mol. The number of rotatable bonds is 4. The average Bonchev–Trinajstić information content (AvgIpc) is 1.97. The lowest BCUT2D eigenvalue weighted by atomic mass is 9.85. The lowest BCUT2D eigenvalue weighted by Crippen LogP contribution is -2.39. The van der Waals surface area contributed by atoms with Crippen LogP contribution in [0.5, 0.6) is 0 Å². The SMILES string of the molecule is CCOC(CC)C(O)C(C)(C)C. The summed E-state index contributed by atoms with van der Waals surface area (Å²) in [7, 11) is 0. The highest BCUT2D eigenvalue weighted by Crippen LogP contribution is 2.24. The minimum atomic E-state index is -0.373. The van der Waals surface area contributed by atoms with Crippen molar-refractivity contribution in [2.75, 3.05) is 6.61 Å². The Morgan fingerprint density at radius 1 is 1.25 bits per heavy atom. The normalized spacial score (nSPS) is 17.5. The molecule has 2 nitrogen and oxygen atoms in total. The van der Waals surface area contributed by atoms with Crippen molar-refractivity contribution in [2.45, 2.75) is 53.2 Å². The van der Waals surface area contributed by atoms with E-state index in [0.717, 1.165) is 6.42 Å². The van der Waals surface area contributed by atoms with Crippen molar-refractivity contribution >= 4 is 0 Å². The Morgan fingerprint density at radius 2 is 1.75 bits per heavy atom. The van der Waals surface area contributed by atoms with E-state index in [1.165, 1.54) is 0 Å². The van der Waals surface area contributed by atoms with Crippen LogP contribution in [0.4, 0.5) is 0 Å². The molecule has 0 amide bonds. The van der Waals surface area contributed by atoms with E-state index in [-0.39, 0.29) is 17.6 Å². The highest BCUT2D eigenvalue weighted by atomic mass is 16.5. The monoisotopic (exact) mass is 174 g/mol. The molecule has 12 heavy (non-hydrogen) atoms. The summed E-state index contributed by atoms with van der Waals surface area (Å²) in [6.45, 7) is 10.7. The predicted molar refractivity (Wildman–Crippen MR) is 51.2 cm³/mol. The first kappa shape index (κ1) is 11.9. The Kier molecular flexibility index (Phi) is 4.80. The molecule has 0 aromatic carbocycles. The standard InChI is InChI=1S/C10H22O2/c1-6-8(12-7-2)9(11)10(3,4)5/h8-9,11H,6-7H2,1-5H3. The molecule has 0 radical (unpaired) electrons. The van der Waals surface area contributed by atoms with E-state index in [0.29, 0.717) is 6.61 Å². The van der Waals surface area contributed by atoms with Crippen LogP contribution in [0.15, 0.2) is 0 Å². The molecule has 0 aliphatic rings. The zero-order chi connectivity index (χ0) is 9.78. The molecule has 0 fully saturated rings. The first-order chi connectivity index (χ1) is 5.43. The second-order valence-electron chi connectivity index (χ2n) is 4.21. The fourth-order valence-corrected chi connectivity index (χ4v) is 1.20. The molecular formula is C10H22O2. The van der Waals surface area contributed by atoms with E-state index in [4.69, 9.17) is 4.74 Å². The molecule has 0 saturated heterocycles. The van der Waals surface area contributed by atoms with Crippen LogP contribution in [-0.2, 0) is 4.74 Å². The van der Waals surface area contributed by atoms with Gasteiger partial charge in [0.25, 0.3) is 0 Å². The molecule has 0 aromatic rings. The molecule has 2 heteroatoms. The Hall–Kier alpha value is -0.0800. The van der Waals surface area contributed by atoms with E-state index >= 15 is 0 Å². The van der Waals surface area contributed by atoms with Gasteiger partial charge in [0, 0.05) is 6.61 Å². The molecule has 0 aromatic heterocycles. The van der Waals surface area contributed by atoms with E-state index in [2.05, 4.69) is 0 Å². The fraction of sp³-hybridized carbons (Fsp3) is 1.00. The summed E-state index contributed by atoms with van der Waals surface area (Å²) >= 11 is 0. The molecule has 0 aliphatic heterocycles. The fourth-order valence-electron chi connectivity index (χ4n) is 1.20. The highest BCUT2D eigenvalue weighted by molar-refractivity contribution is 4.79. The Bertz CT molecular complexity index is 115.